The zero-order valence-corrected chi connectivity index (χ0v) is 13.8. The zero-order chi connectivity index (χ0) is 17.5. The van der Waals surface area contributed by atoms with Gasteiger partial charge in [0.25, 0.3) is 0 Å². The number of anilines is 1. The van der Waals surface area contributed by atoms with E-state index in [4.69, 9.17) is 4.74 Å². The Morgan fingerprint density at radius 3 is 2.50 bits per heavy atom. The van der Waals surface area contributed by atoms with Gasteiger partial charge in [-0.1, -0.05) is 12.1 Å². The SMILES string of the molecule is C[C@@H](C(=O)Nc1ccccc1F)[S@](=O)CCOc1ccc(F)cc1. The number of para-hydroxylation sites is 1. The molecule has 2 rings (SSSR count). The molecule has 0 spiro atoms. The van der Waals surface area contributed by atoms with Crippen LogP contribution in [0.3, 0.4) is 0 Å². The van der Waals surface area contributed by atoms with Crippen molar-refractivity contribution in [1.82, 2.24) is 0 Å². The molecule has 0 fully saturated rings. The maximum absolute atomic E-state index is 13.5. The monoisotopic (exact) mass is 353 g/mol. The van der Waals surface area contributed by atoms with E-state index in [2.05, 4.69) is 5.32 Å². The predicted molar refractivity (Wildman–Crippen MR) is 89.4 cm³/mol. The van der Waals surface area contributed by atoms with E-state index in [0.29, 0.717) is 5.75 Å². The molecule has 0 saturated heterocycles. The topological polar surface area (TPSA) is 55.4 Å². The minimum Gasteiger partial charge on any atom is -0.493 e. The van der Waals surface area contributed by atoms with Crippen molar-refractivity contribution in [2.75, 3.05) is 17.7 Å². The summed E-state index contributed by atoms with van der Waals surface area (Å²) in [6.07, 6.45) is 0. The van der Waals surface area contributed by atoms with Crippen LogP contribution in [0, 0.1) is 11.6 Å². The van der Waals surface area contributed by atoms with Crippen LogP contribution >= 0.6 is 0 Å². The van der Waals surface area contributed by atoms with Gasteiger partial charge < -0.3 is 10.1 Å². The molecule has 0 aromatic heterocycles. The fraction of sp³-hybridized carbons (Fsp3) is 0.235. The summed E-state index contributed by atoms with van der Waals surface area (Å²) < 4.78 is 43.7. The van der Waals surface area contributed by atoms with Gasteiger partial charge in [0.1, 0.15) is 22.6 Å². The molecule has 128 valence electrons. The lowest BCUT2D eigenvalue weighted by molar-refractivity contribution is -0.115. The molecule has 0 aliphatic rings. The smallest absolute Gasteiger partial charge is 0.239 e. The molecular formula is C17H17F2NO3S. The highest BCUT2D eigenvalue weighted by Crippen LogP contribution is 2.14. The molecule has 0 aliphatic heterocycles. The largest absolute Gasteiger partial charge is 0.493 e. The summed E-state index contributed by atoms with van der Waals surface area (Å²) in [4.78, 5) is 12.0. The first-order valence-electron chi connectivity index (χ1n) is 7.28. The Bertz CT molecular complexity index is 722. The van der Waals surface area contributed by atoms with Crippen molar-refractivity contribution in [2.24, 2.45) is 0 Å². The zero-order valence-electron chi connectivity index (χ0n) is 13.0. The lowest BCUT2D eigenvalue weighted by atomic mass is 10.3. The Kier molecular flexibility index (Phi) is 6.43. The second-order valence-electron chi connectivity index (χ2n) is 5.00. The number of hydrogen-bond donors (Lipinski definition) is 1. The van der Waals surface area contributed by atoms with Crippen molar-refractivity contribution in [3.8, 4) is 5.75 Å². The van der Waals surface area contributed by atoms with Crippen LogP contribution in [0.1, 0.15) is 6.92 Å². The van der Waals surface area contributed by atoms with Gasteiger partial charge in [-0.2, -0.15) is 0 Å². The molecule has 1 amide bonds. The maximum atomic E-state index is 13.5. The number of amides is 1. The quantitative estimate of drug-likeness (QED) is 0.832. The minimum absolute atomic E-state index is 0.0499. The highest BCUT2D eigenvalue weighted by molar-refractivity contribution is 7.86. The molecule has 2 atom stereocenters. The third-order valence-corrected chi connectivity index (χ3v) is 4.83. The molecular weight excluding hydrogens is 336 g/mol. The molecule has 0 bridgehead atoms. The second-order valence-corrected chi connectivity index (χ2v) is 6.88. The summed E-state index contributed by atoms with van der Waals surface area (Å²) in [6, 6.07) is 11.2. The van der Waals surface area contributed by atoms with Crippen molar-refractivity contribution >= 4 is 22.4 Å². The Morgan fingerprint density at radius 2 is 1.83 bits per heavy atom. The predicted octanol–water partition coefficient (Wildman–Crippen LogP) is 3.12. The Hall–Kier alpha value is -2.28. The number of carbonyl (C=O) groups is 1. The average Bonchev–Trinajstić information content (AvgIpc) is 2.58. The maximum Gasteiger partial charge on any atom is 0.239 e. The highest BCUT2D eigenvalue weighted by Gasteiger charge is 2.20. The van der Waals surface area contributed by atoms with Crippen LogP contribution in [-0.4, -0.2) is 27.7 Å². The van der Waals surface area contributed by atoms with Gasteiger partial charge >= 0.3 is 0 Å². The molecule has 2 aromatic rings. The third-order valence-electron chi connectivity index (χ3n) is 3.26. The summed E-state index contributed by atoms with van der Waals surface area (Å²) in [6.45, 7) is 1.62. The molecule has 0 unspecified atom stereocenters. The van der Waals surface area contributed by atoms with E-state index in [1.54, 1.807) is 6.07 Å². The van der Waals surface area contributed by atoms with Gasteiger partial charge in [0.15, 0.2) is 0 Å². The number of hydrogen-bond acceptors (Lipinski definition) is 3. The van der Waals surface area contributed by atoms with E-state index in [1.165, 1.54) is 49.4 Å². The van der Waals surface area contributed by atoms with Gasteiger partial charge in [-0.25, -0.2) is 8.78 Å². The number of nitrogens with one attached hydrogen (secondary N) is 1. The van der Waals surface area contributed by atoms with E-state index in [9.17, 15) is 17.8 Å². The molecule has 0 heterocycles. The highest BCUT2D eigenvalue weighted by atomic mass is 32.2. The van der Waals surface area contributed by atoms with Crippen LogP contribution in [0.5, 0.6) is 5.75 Å². The van der Waals surface area contributed by atoms with E-state index < -0.39 is 27.8 Å². The lowest BCUT2D eigenvalue weighted by Crippen LogP contribution is -2.31. The molecule has 7 heteroatoms. The molecule has 1 N–H and O–H groups in total. The van der Waals surface area contributed by atoms with Crippen molar-refractivity contribution in [1.29, 1.82) is 0 Å². The fourth-order valence-corrected chi connectivity index (χ4v) is 2.76. The van der Waals surface area contributed by atoms with Gasteiger partial charge in [-0.05, 0) is 43.3 Å². The van der Waals surface area contributed by atoms with E-state index in [-0.39, 0.29) is 23.9 Å². The van der Waals surface area contributed by atoms with Crippen LogP contribution in [-0.2, 0) is 15.6 Å². The molecule has 24 heavy (non-hydrogen) atoms. The van der Waals surface area contributed by atoms with Crippen molar-refractivity contribution in [2.45, 2.75) is 12.2 Å². The van der Waals surface area contributed by atoms with E-state index in [0.717, 1.165) is 0 Å². The van der Waals surface area contributed by atoms with Crippen molar-refractivity contribution < 1.29 is 22.5 Å². The van der Waals surface area contributed by atoms with E-state index in [1.807, 2.05) is 0 Å². The summed E-state index contributed by atoms with van der Waals surface area (Å²) >= 11 is 0. The number of carbonyl (C=O) groups excluding carboxylic acids is 1. The lowest BCUT2D eigenvalue weighted by Gasteiger charge is -2.13. The molecule has 2 aromatic carbocycles. The van der Waals surface area contributed by atoms with Crippen LogP contribution in [0.15, 0.2) is 48.5 Å². The Balaban J connectivity index is 1.82. The minimum atomic E-state index is -1.49. The van der Waals surface area contributed by atoms with Crippen LogP contribution in [0.4, 0.5) is 14.5 Å². The summed E-state index contributed by atoms with van der Waals surface area (Å²) in [5, 5.41) is 1.60. The molecule has 0 saturated carbocycles. The van der Waals surface area contributed by atoms with Crippen LogP contribution < -0.4 is 10.1 Å². The molecule has 4 nitrogen and oxygen atoms in total. The van der Waals surface area contributed by atoms with Gasteiger partial charge in [0.05, 0.1) is 18.0 Å². The van der Waals surface area contributed by atoms with Gasteiger partial charge in [-0.3, -0.25) is 9.00 Å². The van der Waals surface area contributed by atoms with Crippen LogP contribution in [0.2, 0.25) is 0 Å². The summed E-state index contributed by atoms with van der Waals surface area (Å²) in [5.41, 5.74) is 0.0499. The third kappa shape index (κ3) is 5.13. The normalized spacial score (nSPS) is 13.1. The first kappa shape index (κ1) is 18.1. The summed E-state index contributed by atoms with van der Waals surface area (Å²) in [7, 11) is -1.49. The fourth-order valence-electron chi connectivity index (χ4n) is 1.87. The second kappa shape index (κ2) is 8.54. The van der Waals surface area contributed by atoms with Gasteiger partial charge in [0.2, 0.25) is 5.91 Å². The molecule has 0 aliphatic carbocycles. The average molecular weight is 353 g/mol. The Morgan fingerprint density at radius 1 is 1.17 bits per heavy atom. The van der Waals surface area contributed by atoms with Gasteiger partial charge in [0, 0.05) is 10.8 Å². The number of benzene rings is 2. The van der Waals surface area contributed by atoms with E-state index >= 15 is 0 Å². The van der Waals surface area contributed by atoms with Crippen LogP contribution in [0.25, 0.3) is 0 Å². The first-order chi connectivity index (χ1) is 11.5. The number of halogens is 2. The number of ether oxygens (including phenoxy) is 1. The summed E-state index contributed by atoms with van der Waals surface area (Å²) in [5.74, 6) is -0.867. The van der Waals surface area contributed by atoms with Crippen molar-refractivity contribution in [3.05, 3.63) is 60.2 Å². The number of rotatable bonds is 7. The first-order valence-corrected chi connectivity index (χ1v) is 8.66. The Labute approximate surface area is 141 Å². The standard InChI is InChI=1S/C17H17F2NO3S/c1-12(17(21)20-16-5-3-2-4-15(16)19)24(22)11-10-23-14-8-6-13(18)7-9-14/h2-9,12H,10-11H2,1H3,(H,20,21)/t12-,24+/m0/s1. The van der Waals surface area contributed by atoms with Crippen molar-refractivity contribution in [3.63, 3.8) is 0 Å². The van der Waals surface area contributed by atoms with Gasteiger partial charge in [-0.15, -0.1) is 0 Å². The molecule has 0 radical (unpaired) electrons.